The number of carboxylic acids is 1. The molecule has 0 aliphatic carbocycles. The number of nitrogens with one attached hydrogen (secondary N) is 1. The lowest BCUT2D eigenvalue weighted by Gasteiger charge is -2.42. The molecule has 3 amide bonds. The average Bonchev–Trinajstić information content (AvgIpc) is 3.76. The maximum Gasteiger partial charge on any atom is 0.326 e. The number of rotatable bonds is 20. The Kier molecular flexibility index (Phi) is 17.0. The molecule has 294 valence electrons. The Hall–Kier alpha value is -3.06. The van der Waals surface area contributed by atoms with Gasteiger partial charge in [-0.3, -0.25) is 19.3 Å². The molecule has 2 saturated heterocycles. The fourth-order valence-electron chi connectivity index (χ4n) is 8.51. The van der Waals surface area contributed by atoms with E-state index in [-0.39, 0.29) is 54.6 Å². The van der Waals surface area contributed by atoms with Gasteiger partial charge in [0.1, 0.15) is 6.04 Å². The third kappa shape index (κ3) is 11.0. The minimum atomic E-state index is -1.12. The van der Waals surface area contributed by atoms with E-state index in [4.69, 9.17) is 9.47 Å². The number of hydrogen-bond acceptors (Lipinski definition) is 8. The van der Waals surface area contributed by atoms with Crippen LogP contribution in [-0.2, 0) is 35.1 Å². The van der Waals surface area contributed by atoms with Crippen molar-refractivity contribution in [2.75, 3.05) is 55.0 Å². The van der Waals surface area contributed by atoms with Crippen LogP contribution in [0, 0.1) is 17.8 Å². The topological polar surface area (TPSA) is 132 Å². The van der Waals surface area contributed by atoms with Gasteiger partial charge in [0.2, 0.25) is 17.7 Å². The number of methoxy groups -OCH3 is 2. The van der Waals surface area contributed by atoms with Crippen LogP contribution in [0.3, 0.4) is 0 Å². The first-order chi connectivity index (χ1) is 24.7. The molecule has 2 aliphatic rings. The number of likely N-dealkylation sites (N-methyl/N-ethyl adjacent to an activating group) is 3. The summed E-state index contributed by atoms with van der Waals surface area (Å²) in [5.41, 5.74) is 0.804. The van der Waals surface area contributed by atoms with Crippen LogP contribution in [0.15, 0.2) is 30.3 Å². The van der Waals surface area contributed by atoms with E-state index in [1.54, 1.807) is 18.9 Å². The van der Waals surface area contributed by atoms with Gasteiger partial charge in [0, 0.05) is 46.8 Å². The second-order valence-electron chi connectivity index (χ2n) is 15.6. The molecule has 2 N–H and O–H groups in total. The van der Waals surface area contributed by atoms with Crippen LogP contribution in [0.25, 0.3) is 0 Å². The van der Waals surface area contributed by atoms with Gasteiger partial charge in [-0.2, -0.15) is 0 Å². The van der Waals surface area contributed by atoms with E-state index < -0.39 is 36.0 Å². The third-order valence-electron chi connectivity index (χ3n) is 11.7. The van der Waals surface area contributed by atoms with E-state index in [9.17, 15) is 24.3 Å². The number of carboxylic acid groups (broad SMARTS) is 1. The third-order valence-corrected chi connectivity index (χ3v) is 11.7. The zero-order chi connectivity index (χ0) is 38.7. The minimum Gasteiger partial charge on any atom is -0.480 e. The number of carbonyl (C=O) groups is 4. The fraction of sp³-hybridized carbons (Fsp3) is 0.750. The second kappa shape index (κ2) is 20.4. The normalized spacial score (nSPS) is 22.1. The van der Waals surface area contributed by atoms with Crippen molar-refractivity contribution >= 4 is 23.7 Å². The Bertz CT molecular complexity index is 1300. The van der Waals surface area contributed by atoms with E-state index in [0.29, 0.717) is 19.0 Å². The lowest BCUT2D eigenvalue weighted by molar-refractivity contribution is -0.149. The maximum atomic E-state index is 14.4. The summed E-state index contributed by atoms with van der Waals surface area (Å²) in [6.07, 6.45) is 3.53. The highest BCUT2D eigenvalue weighted by molar-refractivity contribution is 5.86. The van der Waals surface area contributed by atoms with Crippen molar-refractivity contribution in [2.24, 2.45) is 17.8 Å². The molecule has 0 unspecified atom stereocenters. The molecule has 0 spiro atoms. The molecule has 1 aromatic rings. The monoisotopic (exact) mass is 730 g/mol. The summed E-state index contributed by atoms with van der Waals surface area (Å²) in [6, 6.07) is 7.47. The zero-order valence-corrected chi connectivity index (χ0v) is 33.4. The number of benzene rings is 1. The largest absolute Gasteiger partial charge is 0.480 e. The van der Waals surface area contributed by atoms with Crippen LogP contribution in [0.1, 0.15) is 78.7 Å². The number of hydrogen-bond donors (Lipinski definition) is 2. The van der Waals surface area contributed by atoms with Crippen molar-refractivity contribution in [1.29, 1.82) is 0 Å². The summed E-state index contributed by atoms with van der Waals surface area (Å²) in [7, 11) is 9.18. The Morgan fingerprint density at radius 3 is 2.17 bits per heavy atom. The summed E-state index contributed by atoms with van der Waals surface area (Å²) in [6.45, 7) is 12.5. The molecule has 12 nitrogen and oxygen atoms in total. The Morgan fingerprint density at radius 2 is 1.63 bits per heavy atom. The van der Waals surface area contributed by atoms with E-state index in [0.717, 1.165) is 37.9 Å². The lowest BCUT2D eigenvalue weighted by Crippen LogP contribution is -2.58. The standard InChI is InChI=1S/C40H67N5O7/c1-11-27(4)36(44(8)39(48)35(26(2)3)43(7)25-30-19-15-21-42(30)6)33(51-9)24-34(46)45-22-16-20-32(45)37(52-10)28(5)38(47)41-31(40(49)50)23-29-17-13-12-14-18-29/h12-14,17-18,26-28,30-33,35-37H,11,15-16,19-25H2,1-10H3,(H,41,47)(H,49,50)/t27-,28+,30-,31-,32-,33+,35-,36-,37+/m0/s1. The van der Waals surface area contributed by atoms with Gasteiger partial charge in [-0.15, -0.1) is 0 Å². The fourth-order valence-corrected chi connectivity index (χ4v) is 8.51. The maximum absolute atomic E-state index is 14.4. The highest BCUT2D eigenvalue weighted by Gasteiger charge is 2.43. The van der Waals surface area contributed by atoms with Crippen molar-refractivity contribution in [3.05, 3.63) is 35.9 Å². The average molecular weight is 730 g/mol. The molecule has 0 bridgehead atoms. The van der Waals surface area contributed by atoms with Crippen LogP contribution < -0.4 is 5.32 Å². The van der Waals surface area contributed by atoms with Gasteiger partial charge in [0.25, 0.3) is 0 Å². The molecule has 2 heterocycles. The van der Waals surface area contributed by atoms with Gasteiger partial charge in [0.15, 0.2) is 0 Å². The Balaban J connectivity index is 1.75. The summed E-state index contributed by atoms with van der Waals surface area (Å²) < 4.78 is 12.0. The number of nitrogens with zero attached hydrogens (tertiary/aromatic N) is 4. The summed E-state index contributed by atoms with van der Waals surface area (Å²) in [5.74, 6) is -2.21. The molecular weight excluding hydrogens is 662 g/mol. The van der Waals surface area contributed by atoms with Crippen molar-refractivity contribution < 1.29 is 33.8 Å². The van der Waals surface area contributed by atoms with Gasteiger partial charge in [-0.05, 0) is 63.7 Å². The van der Waals surface area contributed by atoms with Crippen LogP contribution in [0.4, 0.5) is 0 Å². The zero-order valence-electron chi connectivity index (χ0n) is 33.4. The van der Waals surface area contributed by atoms with Gasteiger partial charge < -0.3 is 34.6 Å². The first kappa shape index (κ1) is 43.3. The number of amides is 3. The highest BCUT2D eigenvalue weighted by atomic mass is 16.5. The Morgan fingerprint density at radius 1 is 0.981 bits per heavy atom. The van der Waals surface area contributed by atoms with Crippen LogP contribution in [-0.4, -0.2) is 146 Å². The lowest BCUT2D eigenvalue weighted by atomic mass is 9.89. The molecular formula is C40H67N5O7. The summed E-state index contributed by atoms with van der Waals surface area (Å²) in [4.78, 5) is 62.3. The predicted molar refractivity (Wildman–Crippen MR) is 203 cm³/mol. The first-order valence-corrected chi connectivity index (χ1v) is 19.3. The van der Waals surface area contributed by atoms with Crippen molar-refractivity contribution in [3.8, 4) is 0 Å². The molecule has 3 rings (SSSR count). The minimum absolute atomic E-state index is 0.0308. The molecule has 0 radical (unpaired) electrons. The van der Waals surface area contributed by atoms with Gasteiger partial charge >= 0.3 is 5.97 Å². The predicted octanol–water partition coefficient (Wildman–Crippen LogP) is 3.77. The number of likely N-dealkylation sites (tertiary alicyclic amines) is 2. The van der Waals surface area contributed by atoms with E-state index in [1.807, 2.05) is 49.3 Å². The quantitative estimate of drug-likeness (QED) is 0.206. The second-order valence-corrected chi connectivity index (χ2v) is 15.6. The van der Waals surface area contributed by atoms with Gasteiger partial charge in [-0.25, -0.2) is 4.79 Å². The number of aliphatic carboxylic acids is 1. The van der Waals surface area contributed by atoms with E-state index >= 15 is 0 Å². The molecule has 0 aromatic heterocycles. The summed E-state index contributed by atoms with van der Waals surface area (Å²) in [5, 5.41) is 12.6. The number of carbonyl (C=O) groups excluding carboxylic acids is 3. The molecule has 52 heavy (non-hydrogen) atoms. The smallest absolute Gasteiger partial charge is 0.326 e. The van der Waals surface area contributed by atoms with Crippen LogP contribution >= 0.6 is 0 Å². The number of ether oxygens (including phenoxy) is 2. The highest BCUT2D eigenvalue weighted by Crippen LogP contribution is 2.30. The molecule has 2 fully saturated rings. The molecule has 9 atom stereocenters. The van der Waals surface area contributed by atoms with Crippen molar-refractivity contribution in [3.63, 3.8) is 0 Å². The van der Waals surface area contributed by atoms with Crippen molar-refractivity contribution in [1.82, 2.24) is 24.9 Å². The molecule has 1 aromatic carbocycles. The van der Waals surface area contributed by atoms with Gasteiger partial charge in [-0.1, -0.05) is 71.4 Å². The van der Waals surface area contributed by atoms with Crippen LogP contribution in [0.5, 0.6) is 0 Å². The first-order valence-electron chi connectivity index (χ1n) is 19.3. The van der Waals surface area contributed by atoms with E-state index in [1.165, 1.54) is 13.5 Å². The van der Waals surface area contributed by atoms with Crippen LogP contribution in [0.2, 0.25) is 0 Å². The summed E-state index contributed by atoms with van der Waals surface area (Å²) >= 11 is 0. The van der Waals surface area contributed by atoms with Gasteiger partial charge in [0.05, 0.1) is 42.7 Å². The molecule has 12 heteroatoms. The molecule has 0 saturated carbocycles. The van der Waals surface area contributed by atoms with E-state index in [2.05, 4.69) is 49.9 Å². The molecule has 2 aliphatic heterocycles. The SMILES string of the molecule is CC[C@H](C)[C@@H]([C@@H](CC(=O)N1CCC[C@H]1[C@H](OC)[C@@H](C)C(=O)N[C@@H](Cc1ccccc1)C(=O)O)OC)N(C)C(=O)[C@H](C(C)C)N(C)C[C@@H]1CCCN1C. The Labute approximate surface area is 312 Å². The van der Waals surface area contributed by atoms with Crippen molar-refractivity contribution in [2.45, 2.75) is 122 Å².